The first kappa shape index (κ1) is 15.7. The third-order valence-electron chi connectivity index (χ3n) is 2.86. The lowest BCUT2D eigenvalue weighted by Crippen LogP contribution is -2.27. The average molecular weight is 330 g/mol. The lowest BCUT2D eigenvalue weighted by molar-refractivity contribution is 0.550. The quantitative estimate of drug-likeness (QED) is 0.902. The number of aromatic nitrogens is 1. The summed E-state index contributed by atoms with van der Waals surface area (Å²) in [6.45, 7) is 1.54. The van der Waals surface area contributed by atoms with Crippen molar-refractivity contribution < 1.29 is 12.8 Å². The van der Waals surface area contributed by atoms with Crippen LogP contribution in [0.3, 0.4) is 0 Å². The van der Waals surface area contributed by atoms with Gasteiger partial charge >= 0.3 is 0 Å². The molecule has 5 nitrogen and oxygen atoms in total. The minimum Gasteiger partial charge on any atom is -0.382 e. The molecule has 0 bridgehead atoms. The molecule has 0 saturated carbocycles. The SMILES string of the molecule is CC(NS(=O)(=O)c1cnc(N)c(Cl)c1)c1ccccc1F. The molecule has 0 fully saturated rings. The summed E-state index contributed by atoms with van der Waals surface area (Å²) in [6, 6.07) is 6.39. The zero-order valence-electron chi connectivity index (χ0n) is 11.0. The van der Waals surface area contributed by atoms with Crippen LogP contribution in [0.5, 0.6) is 0 Å². The Bertz CT molecular complexity index is 768. The maximum absolute atomic E-state index is 13.6. The normalized spacial score (nSPS) is 13.1. The molecule has 1 atom stereocenters. The van der Waals surface area contributed by atoms with Gasteiger partial charge in [-0.25, -0.2) is 22.5 Å². The van der Waals surface area contributed by atoms with Crippen LogP contribution >= 0.6 is 11.6 Å². The van der Waals surface area contributed by atoms with Gasteiger partial charge < -0.3 is 5.73 Å². The molecule has 1 heterocycles. The highest BCUT2D eigenvalue weighted by Gasteiger charge is 2.21. The zero-order valence-corrected chi connectivity index (χ0v) is 12.6. The van der Waals surface area contributed by atoms with Crippen molar-refractivity contribution in [2.75, 3.05) is 5.73 Å². The summed E-state index contributed by atoms with van der Waals surface area (Å²) in [4.78, 5) is 3.56. The highest BCUT2D eigenvalue weighted by atomic mass is 35.5. The average Bonchev–Trinajstić information content (AvgIpc) is 2.41. The van der Waals surface area contributed by atoms with Crippen LogP contribution in [0.1, 0.15) is 18.5 Å². The van der Waals surface area contributed by atoms with Crippen molar-refractivity contribution in [1.29, 1.82) is 0 Å². The first-order valence-corrected chi connectivity index (χ1v) is 7.85. The number of rotatable bonds is 4. The number of halogens is 2. The van der Waals surface area contributed by atoms with Crippen molar-refractivity contribution in [2.24, 2.45) is 0 Å². The number of benzene rings is 1. The van der Waals surface area contributed by atoms with Crippen LogP contribution in [0.25, 0.3) is 0 Å². The zero-order chi connectivity index (χ0) is 15.6. The molecule has 2 rings (SSSR count). The molecule has 2 aromatic rings. The van der Waals surface area contributed by atoms with Gasteiger partial charge in [-0.2, -0.15) is 0 Å². The summed E-state index contributed by atoms with van der Waals surface area (Å²) >= 11 is 5.76. The summed E-state index contributed by atoms with van der Waals surface area (Å²) < 4.78 is 40.5. The molecular weight excluding hydrogens is 317 g/mol. The molecule has 1 aromatic carbocycles. The third kappa shape index (κ3) is 3.49. The minimum atomic E-state index is -3.88. The second-order valence-corrected chi connectivity index (χ2v) is 6.52. The molecular formula is C13H13ClFN3O2S. The molecule has 112 valence electrons. The molecule has 0 amide bonds. The monoisotopic (exact) mass is 329 g/mol. The molecule has 21 heavy (non-hydrogen) atoms. The second kappa shape index (κ2) is 5.97. The van der Waals surface area contributed by atoms with Gasteiger partial charge in [0.05, 0.1) is 5.02 Å². The maximum Gasteiger partial charge on any atom is 0.242 e. The Morgan fingerprint density at radius 1 is 1.38 bits per heavy atom. The van der Waals surface area contributed by atoms with Gasteiger partial charge in [0.25, 0.3) is 0 Å². The standard InChI is InChI=1S/C13H13ClFN3O2S/c1-8(10-4-2-3-5-12(10)15)18-21(19,20)9-6-11(14)13(16)17-7-9/h2-8,18H,1H3,(H2,16,17). The number of nitrogens with two attached hydrogens (primary N) is 1. The van der Waals surface area contributed by atoms with E-state index in [1.165, 1.54) is 24.3 Å². The lowest BCUT2D eigenvalue weighted by Gasteiger charge is -2.15. The van der Waals surface area contributed by atoms with Crippen molar-refractivity contribution in [3.8, 4) is 0 Å². The molecule has 1 aromatic heterocycles. The van der Waals surface area contributed by atoms with E-state index in [2.05, 4.69) is 9.71 Å². The van der Waals surface area contributed by atoms with Gasteiger partial charge in [-0.1, -0.05) is 29.8 Å². The summed E-state index contributed by atoms with van der Waals surface area (Å²) in [5, 5.41) is 0.0384. The number of pyridine rings is 1. The fourth-order valence-corrected chi connectivity index (χ4v) is 3.19. The first-order chi connectivity index (χ1) is 9.81. The summed E-state index contributed by atoms with van der Waals surface area (Å²) in [5.74, 6) is -0.445. The molecule has 1 unspecified atom stereocenters. The summed E-state index contributed by atoms with van der Waals surface area (Å²) in [5.41, 5.74) is 5.68. The van der Waals surface area contributed by atoms with Crippen molar-refractivity contribution in [1.82, 2.24) is 9.71 Å². The predicted octanol–water partition coefficient (Wildman–Crippen LogP) is 2.50. The highest BCUT2D eigenvalue weighted by Crippen LogP contribution is 2.22. The van der Waals surface area contributed by atoms with E-state index in [0.717, 1.165) is 6.20 Å². The highest BCUT2D eigenvalue weighted by molar-refractivity contribution is 7.89. The van der Waals surface area contributed by atoms with Crippen LogP contribution in [0.15, 0.2) is 41.4 Å². The van der Waals surface area contributed by atoms with E-state index < -0.39 is 21.9 Å². The van der Waals surface area contributed by atoms with Gasteiger partial charge in [0.1, 0.15) is 16.5 Å². The Kier molecular flexibility index (Phi) is 4.46. The Morgan fingerprint density at radius 2 is 2.05 bits per heavy atom. The Balaban J connectivity index is 2.29. The van der Waals surface area contributed by atoms with E-state index in [-0.39, 0.29) is 21.3 Å². The smallest absolute Gasteiger partial charge is 0.242 e. The molecule has 3 N–H and O–H groups in total. The molecule has 0 aliphatic heterocycles. The van der Waals surface area contributed by atoms with Crippen molar-refractivity contribution in [3.05, 3.63) is 52.9 Å². The van der Waals surface area contributed by atoms with Crippen LogP contribution in [0.4, 0.5) is 10.2 Å². The van der Waals surface area contributed by atoms with E-state index in [4.69, 9.17) is 17.3 Å². The number of nitrogens with zero attached hydrogens (tertiary/aromatic N) is 1. The van der Waals surface area contributed by atoms with Crippen LogP contribution in [0, 0.1) is 5.82 Å². The van der Waals surface area contributed by atoms with Gasteiger partial charge in [0, 0.05) is 17.8 Å². The Labute approximate surface area is 127 Å². The predicted molar refractivity (Wildman–Crippen MR) is 78.8 cm³/mol. The first-order valence-electron chi connectivity index (χ1n) is 5.99. The van der Waals surface area contributed by atoms with Gasteiger partial charge in [0.2, 0.25) is 10.0 Å². The van der Waals surface area contributed by atoms with Gasteiger partial charge in [-0.3, -0.25) is 0 Å². The van der Waals surface area contributed by atoms with Crippen LogP contribution in [-0.2, 0) is 10.0 Å². The van der Waals surface area contributed by atoms with Gasteiger partial charge in [0.15, 0.2) is 0 Å². The lowest BCUT2D eigenvalue weighted by atomic mass is 10.1. The van der Waals surface area contributed by atoms with Crippen LogP contribution in [0.2, 0.25) is 5.02 Å². The van der Waals surface area contributed by atoms with E-state index in [0.29, 0.717) is 0 Å². The van der Waals surface area contributed by atoms with Crippen LogP contribution < -0.4 is 10.5 Å². The summed E-state index contributed by atoms with van der Waals surface area (Å²) in [7, 11) is -3.88. The summed E-state index contributed by atoms with van der Waals surface area (Å²) in [6.07, 6.45) is 1.09. The number of anilines is 1. The fourth-order valence-electron chi connectivity index (χ4n) is 1.77. The number of sulfonamides is 1. The van der Waals surface area contributed by atoms with Crippen molar-refractivity contribution in [2.45, 2.75) is 17.9 Å². The number of nitrogens with one attached hydrogen (secondary N) is 1. The minimum absolute atomic E-state index is 0.0384. The van der Waals surface area contributed by atoms with E-state index in [9.17, 15) is 12.8 Å². The van der Waals surface area contributed by atoms with Crippen molar-refractivity contribution in [3.63, 3.8) is 0 Å². The topological polar surface area (TPSA) is 85.1 Å². The Hall–Kier alpha value is -1.70. The van der Waals surface area contributed by atoms with E-state index in [1.807, 2.05) is 0 Å². The number of hydrogen-bond donors (Lipinski definition) is 2. The number of hydrogen-bond acceptors (Lipinski definition) is 4. The molecule has 0 spiro atoms. The third-order valence-corrected chi connectivity index (χ3v) is 4.67. The Morgan fingerprint density at radius 3 is 2.67 bits per heavy atom. The molecule has 0 radical (unpaired) electrons. The molecule has 0 aliphatic rings. The largest absolute Gasteiger partial charge is 0.382 e. The maximum atomic E-state index is 13.6. The van der Waals surface area contributed by atoms with Gasteiger partial charge in [-0.05, 0) is 19.1 Å². The van der Waals surface area contributed by atoms with E-state index in [1.54, 1.807) is 13.0 Å². The van der Waals surface area contributed by atoms with Crippen LogP contribution in [-0.4, -0.2) is 13.4 Å². The van der Waals surface area contributed by atoms with Crippen molar-refractivity contribution >= 4 is 27.4 Å². The molecule has 0 saturated heterocycles. The van der Waals surface area contributed by atoms with Gasteiger partial charge in [-0.15, -0.1) is 0 Å². The molecule has 0 aliphatic carbocycles. The fraction of sp³-hybridized carbons (Fsp3) is 0.154. The van der Waals surface area contributed by atoms with E-state index >= 15 is 0 Å². The molecule has 8 heteroatoms. The number of nitrogen functional groups attached to an aromatic ring is 1. The second-order valence-electron chi connectivity index (χ2n) is 4.40.